The van der Waals surface area contributed by atoms with Gasteiger partial charge >= 0.3 is 6.36 Å². The number of hydrogen-bond acceptors (Lipinski definition) is 25. The molecule has 5 heterocycles. The van der Waals surface area contributed by atoms with Gasteiger partial charge in [0.1, 0.15) is 17.4 Å². The fourth-order valence-corrected chi connectivity index (χ4v) is 8.11. The molecule has 12 rings (SSSR count). The summed E-state index contributed by atoms with van der Waals surface area (Å²) in [5, 5.41) is 82.6. The summed E-state index contributed by atoms with van der Waals surface area (Å²) in [7, 11) is 6.93. The number of nitrogen functional groups attached to an aromatic ring is 1. The minimum absolute atomic E-state index is 0.00676. The fourth-order valence-electron chi connectivity index (χ4n) is 8.11. The van der Waals surface area contributed by atoms with Crippen LogP contribution in [-0.4, -0.2) is 125 Å². The van der Waals surface area contributed by atoms with E-state index < -0.39 is 21.1 Å². The zero-order chi connectivity index (χ0) is 68.0. The quantitative estimate of drug-likeness (QED) is 0.0350. The number of aryl methyl sites for hydroxylation is 3. The van der Waals surface area contributed by atoms with Gasteiger partial charge in [-0.15, -0.1) is 54.0 Å². The van der Waals surface area contributed by atoms with Gasteiger partial charge in [-0.05, 0) is 86.6 Å². The molecule has 480 valence electrons. The van der Waals surface area contributed by atoms with Gasteiger partial charge in [0.05, 0.1) is 42.5 Å². The first-order valence-corrected chi connectivity index (χ1v) is 27.4. The maximum absolute atomic E-state index is 12.6. The molecular formula is C59H50F3N25O8. The number of nitrogens with one attached hydrogen (secondary N) is 2. The number of benzene rings is 7. The van der Waals surface area contributed by atoms with E-state index in [9.17, 15) is 48.3 Å². The van der Waals surface area contributed by atoms with Crippen LogP contribution in [0.15, 0.2) is 182 Å². The summed E-state index contributed by atoms with van der Waals surface area (Å²) in [6, 6.07) is 47.3. The van der Waals surface area contributed by atoms with Gasteiger partial charge in [0.25, 0.3) is 17.1 Å². The molecule has 0 spiro atoms. The van der Waals surface area contributed by atoms with E-state index in [0.717, 1.165) is 28.1 Å². The molecule has 12 aromatic rings. The SMILES string of the molecule is CN(c1ccc(CC(=O)Cc2ccc(OC(F)(F)F)cc2)cc1)c1ccnc(Nc2cccc(-c3nnn(C)n3)c2)n1.Cn1nnc(-c2cccc(N)c2)n1.Cn1nnc(-c2cccc([N+](=O)[O-])c2)n1.O=[N+]([O-])c1cccc(-c2nn[nH]n2)c1.[C-]#[N+]c1cccc([N+](=O)[O-])c1. The van der Waals surface area contributed by atoms with Crippen molar-refractivity contribution in [3.63, 3.8) is 0 Å². The van der Waals surface area contributed by atoms with E-state index >= 15 is 0 Å². The molecule has 0 fully saturated rings. The van der Waals surface area contributed by atoms with Gasteiger partial charge in [-0.25, -0.2) is 9.83 Å². The number of tetrazole rings is 4. The lowest BCUT2D eigenvalue weighted by atomic mass is 10.0. The van der Waals surface area contributed by atoms with Gasteiger partial charge < -0.3 is 20.7 Å². The van der Waals surface area contributed by atoms with Crippen LogP contribution in [0.25, 0.3) is 50.4 Å². The Balaban J connectivity index is 0.000000176. The minimum Gasteiger partial charge on any atom is -0.406 e. The Bertz CT molecular complexity index is 4620. The standard InChI is InChI=1S/C29H25F3N8O2.C8H7N5O2.C8H9N5.C7H5N5O2.C7H4N2O2/c1-39(26-14-15-33-28(35-26)34-22-5-3-4-21(18-22)27-36-38-40(2)37-27)23-10-6-19(7-11-23)16-24(41)17-20-8-12-25(13-9-20)42-29(30,31)32;1-12-10-8(9-11-12)6-3-2-4-7(5-6)13(14)15;1-13-11-8(10-12-13)6-3-2-4-7(9)5-6;13-12(14)6-3-1-2-5(4-6)7-8-10-11-9-7;1-8-6-3-2-4-7(5-6)9(10)11/h3-15,18H,16-17H2,1-2H3,(H,33,34,35);2-5H,1H3;2-5H,9H2,1H3;1-4H,(H,8,9,10,11);2-5H. The van der Waals surface area contributed by atoms with Crippen molar-refractivity contribution >= 4 is 57.4 Å². The zero-order valence-electron chi connectivity index (χ0n) is 50.1. The van der Waals surface area contributed by atoms with Crippen LogP contribution >= 0.6 is 0 Å². The molecule has 0 aliphatic rings. The number of non-ortho nitro benzene ring substituents is 3. The number of ketones is 1. The highest BCUT2D eigenvalue weighted by Crippen LogP contribution is 2.28. The number of ether oxygens (including phenoxy) is 1. The Morgan fingerprint density at radius 3 is 1.57 bits per heavy atom. The second kappa shape index (κ2) is 31.6. The van der Waals surface area contributed by atoms with Crippen molar-refractivity contribution in [1.29, 1.82) is 0 Å². The van der Waals surface area contributed by atoms with Crippen LogP contribution < -0.4 is 20.7 Å². The van der Waals surface area contributed by atoms with Crippen molar-refractivity contribution in [1.82, 2.24) is 91.2 Å². The lowest BCUT2D eigenvalue weighted by Crippen LogP contribution is -2.17. The lowest BCUT2D eigenvalue weighted by molar-refractivity contribution is -0.385. The van der Waals surface area contributed by atoms with Gasteiger partial charge in [-0.2, -0.15) is 24.6 Å². The van der Waals surface area contributed by atoms with Gasteiger partial charge in [-0.3, -0.25) is 35.1 Å². The Labute approximate surface area is 534 Å². The highest BCUT2D eigenvalue weighted by Gasteiger charge is 2.31. The third-order valence-corrected chi connectivity index (χ3v) is 12.5. The molecule has 0 unspecified atom stereocenters. The highest BCUT2D eigenvalue weighted by molar-refractivity contribution is 5.83. The first-order chi connectivity index (χ1) is 45.5. The Morgan fingerprint density at radius 1 is 0.621 bits per heavy atom. The maximum atomic E-state index is 12.6. The number of aromatic amines is 1. The van der Waals surface area contributed by atoms with Crippen LogP contribution in [0.1, 0.15) is 11.1 Å². The predicted molar refractivity (Wildman–Crippen MR) is 335 cm³/mol. The lowest BCUT2D eigenvalue weighted by Gasteiger charge is -2.19. The monoisotopic (exact) mass is 1290 g/mol. The molecule has 95 heavy (non-hydrogen) atoms. The third-order valence-electron chi connectivity index (χ3n) is 12.5. The average molecular weight is 1290 g/mol. The number of carbonyl (C=O) groups excluding carboxylic acids is 1. The summed E-state index contributed by atoms with van der Waals surface area (Å²) in [6.45, 7) is 6.58. The molecule has 0 radical (unpaired) electrons. The fraction of sp³-hybridized carbons (Fsp3) is 0.119. The summed E-state index contributed by atoms with van der Waals surface area (Å²) in [4.78, 5) is 60.3. The number of Topliss-reactive ketones (excluding diaryl/α,β-unsaturated/α-hetero) is 1. The molecule has 0 amide bonds. The molecule has 0 bridgehead atoms. The summed E-state index contributed by atoms with van der Waals surface area (Å²) in [5.74, 6) is 2.49. The molecule has 5 aromatic heterocycles. The van der Waals surface area contributed by atoms with E-state index in [0.29, 0.717) is 63.1 Å². The van der Waals surface area contributed by atoms with Crippen LogP contribution in [0.3, 0.4) is 0 Å². The number of carbonyl (C=O) groups is 1. The van der Waals surface area contributed by atoms with Crippen molar-refractivity contribution in [2.24, 2.45) is 21.1 Å². The molecule has 0 aliphatic heterocycles. The van der Waals surface area contributed by atoms with Crippen molar-refractivity contribution in [2.75, 3.05) is 23.0 Å². The van der Waals surface area contributed by atoms with E-state index in [4.69, 9.17) is 12.3 Å². The minimum atomic E-state index is -4.76. The summed E-state index contributed by atoms with van der Waals surface area (Å²) in [5.41, 5.74) is 12.5. The predicted octanol–water partition coefficient (Wildman–Crippen LogP) is 9.60. The second-order valence-corrected chi connectivity index (χ2v) is 19.4. The number of hydrogen-bond donors (Lipinski definition) is 3. The zero-order valence-corrected chi connectivity index (χ0v) is 50.1. The van der Waals surface area contributed by atoms with Gasteiger partial charge in [0, 0.05) is 102 Å². The van der Waals surface area contributed by atoms with Crippen LogP contribution in [0, 0.1) is 36.9 Å². The first-order valence-electron chi connectivity index (χ1n) is 27.4. The number of alkyl halides is 3. The number of halogens is 3. The number of nitro groups is 3. The Morgan fingerprint density at radius 2 is 1.09 bits per heavy atom. The van der Waals surface area contributed by atoms with Gasteiger partial charge in [0.2, 0.25) is 29.2 Å². The normalized spacial score (nSPS) is 10.5. The molecule has 0 saturated carbocycles. The second-order valence-electron chi connectivity index (χ2n) is 19.4. The molecule has 0 atom stereocenters. The molecule has 33 nitrogen and oxygen atoms in total. The van der Waals surface area contributed by atoms with Crippen molar-refractivity contribution in [3.05, 3.63) is 235 Å². The van der Waals surface area contributed by atoms with Crippen molar-refractivity contribution in [2.45, 2.75) is 19.2 Å². The van der Waals surface area contributed by atoms with Crippen molar-refractivity contribution < 1.29 is 37.5 Å². The van der Waals surface area contributed by atoms with Gasteiger partial charge in [-0.1, -0.05) is 84.9 Å². The summed E-state index contributed by atoms with van der Waals surface area (Å²) >= 11 is 0. The largest absolute Gasteiger partial charge is 0.573 e. The summed E-state index contributed by atoms with van der Waals surface area (Å²) < 4.78 is 40.9. The molecule has 7 aromatic carbocycles. The number of rotatable bonds is 16. The number of nitrogens with two attached hydrogens (primary N) is 1. The third kappa shape index (κ3) is 20.4. The average Bonchev–Trinajstić information content (AvgIpc) is 1.45. The van der Waals surface area contributed by atoms with E-state index in [1.165, 1.54) is 87.2 Å². The Kier molecular flexibility index (Phi) is 22.4. The van der Waals surface area contributed by atoms with Crippen LogP contribution in [0.4, 0.5) is 64.7 Å². The molecule has 36 heteroatoms. The summed E-state index contributed by atoms with van der Waals surface area (Å²) in [6.07, 6.45) is -2.81. The number of anilines is 5. The topological polar surface area (TPSA) is 412 Å². The number of H-pyrrole nitrogens is 1. The van der Waals surface area contributed by atoms with E-state index in [1.54, 1.807) is 57.7 Å². The number of nitro benzene ring substituents is 3. The van der Waals surface area contributed by atoms with Gasteiger partial charge in [0.15, 0.2) is 5.69 Å². The van der Waals surface area contributed by atoms with E-state index in [-0.39, 0.29) is 41.4 Å². The van der Waals surface area contributed by atoms with Crippen LogP contribution in [0.5, 0.6) is 5.75 Å². The van der Waals surface area contributed by atoms with E-state index in [1.807, 2.05) is 84.7 Å². The smallest absolute Gasteiger partial charge is 0.406 e. The van der Waals surface area contributed by atoms with Crippen molar-refractivity contribution in [3.8, 4) is 51.3 Å². The molecule has 4 N–H and O–H groups in total. The van der Waals surface area contributed by atoms with Crippen LogP contribution in [0.2, 0.25) is 0 Å². The molecule has 0 saturated heterocycles. The Hall–Kier alpha value is -13.8. The number of nitrogens with zero attached hydrogens (tertiary/aromatic N) is 22. The first kappa shape index (κ1) is 67.2. The highest BCUT2D eigenvalue weighted by atomic mass is 19.4. The molecule has 0 aliphatic carbocycles. The van der Waals surface area contributed by atoms with E-state index in [2.05, 4.69) is 91.7 Å². The number of aromatic nitrogens is 18. The maximum Gasteiger partial charge on any atom is 0.573 e. The van der Waals surface area contributed by atoms with Crippen LogP contribution in [-0.2, 0) is 38.8 Å². The molecular weight excluding hydrogens is 1240 g/mol.